The Morgan fingerprint density at radius 3 is 2.76 bits per heavy atom. The molecule has 1 N–H and O–H groups in total. The molecule has 0 aliphatic heterocycles. The topological polar surface area (TPSA) is 64.6 Å². The van der Waals surface area contributed by atoms with Gasteiger partial charge in [-0.05, 0) is 77.7 Å². The van der Waals surface area contributed by atoms with E-state index < -0.39 is 0 Å². The fraction of sp³-hybridized carbons (Fsp3) is 0.455. The molecule has 2 aromatic rings. The van der Waals surface area contributed by atoms with Crippen LogP contribution in [-0.4, -0.2) is 25.1 Å². The first-order chi connectivity index (χ1) is 13.9. The van der Waals surface area contributed by atoms with Crippen molar-refractivity contribution in [1.29, 1.82) is 0 Å². The summed E-state index contributed by atoms with van der Waals surface area (Å²) in [5.74, 6) is 0.414. The van der Waals surface area contributed by atoms with Gasteiger partial charge in [-0.1, -0.05) is 19.9 Å². The zero-order valence-corrected chi connectivity index (χ0v) is 19.4. The third kappa shape index (κ3) is 5.01. The number of fused-ring (bicyclic) bond motifs is 1. The molecule has 3 rings (SSSR count). The minimum Gasteiger partial charge on any atom is -0.483 e. The van der Waals surface area contributed by atoms with Gasteiger partial charge in [0.25, 0.3) is 5.91 Å². The highest BCUT2D eigenvalue weighted by molar-refractivity contribution is 9.10. The van der Waals surface area contributed by atoms with Crippen molar-refractivity contribution >= 4 is 44.1 Å². The average Bonchev–Trinajstić information content (AvgIpc) is 3.27. The fourth-order valence-electron chi connectivity index (χ4n) is 3.39. The summed E-state index contributed by atoms with van der Waals surface area (Å²) >= 11 is 4.99. The van der Waals surface area contributed by atoms with Crippen LogP contribution in [0.2, 0.25) is 0 Å². The molecule has 156 valence electrons. The predicted octanol–water partition coefficient (Wildman–Crippen LogP) is 5.71. The van der Waals surface area contributed by atoms with Gasteiger partial charge in [0.1, 0.15) is 10.8 Å². The van der Waals surface area contributed by atoms with Crippen LogP contribution in [0.5, 0.6) is 5.75 Å². The molecule has 0 bridgehead atoms. The van der Waals surface area contributed by atoms with Crippen LogP contribution in [0.15, 0.2) is 22.7 Å². The normalized spacial score (nSPS) is 13.7. The molecule has 1 heterocycles. The first kappa shape index (κ1) is 21.8. The zero-order chi connectivity index (χ0) is 21.0. The number of rotatable bonds is 8. The Morgan fingerprint density at radius 1 is 1.28 bits per heavy atom. The second-order valence-electron chi connectivity index (χ2n) is 7.12. The molecule has 5 nitrogen and oxygen atoms in total. The number of halogens is 1. The van der Waals surface area contributed by atoms with Crippen molar-refractivity contribution < 1.29 is 19.1 Å². The van der Waals surface area contributed by atoms with Gasteiger partial charge < -0.3 is 14.8 Å². The molecule has 1 aliphatic carbocycles. The number of esters is 1. The molecule has 7 heteroatoms. The minimum absolute atomic E-state index is 0.133. The number of amides is 1. The van der Waals surface area contributed by atoms with Gasteiger partial charge in [-0.25, -0.2) is 4.79 Å². The van der Waals surface area contributed by atoms with Crippen molar-refractivity contribution in [3.63, 3.8) is 0 Å². The lowest BCUT2D eigenvalue weighted by atomic mass is 9.99. The van der Waals surface area contributed by atoms with E-state index in [9.17, 15) is 9.59 Å². The summed E-state index contributed by atoms with van der Waals surface area (Å²) in [6, 6.07) is 5.93. The molecule has 1 aromatic heterocycles. The van der Waals surface area contributed by atoms with Crippen LogP contribution in [0.4, 0.5) is 5.00 Å². The van der Waals surface area contributed by atoms with Gasteiger partial charge in [0.15, 0.2) is 6.61 Å². The first-order valence-electron chi connectivity index (χ1n) is 9.98. The van der Waals surface area contributed by atoms with Crippen molar-refractivity contribution in [3.05, 3.63) is 44.2 Å². The second kappa shape index (κ2) is 9.76. The number of hydrogen-bond acceptors (Lipinski definition) is 5. The van der Waals surface area contributed by atoms with E-state index in [1.165, 1.54) is 16.9 Å². The maximum absolute atomic E-state index is 12.5. The highest BCUT2D eigenvalue weighted by atomic mass is 79.9. The number of anilines is 1. The summed E-state index contributed by atoms with van der Waals surface area (Å²) in [4.78, 5) is 26.0. The Balaban J connectivity index is 1.67. The van der Waals surface area contributed by atoms with E-state index in [2.05, 4.69) is 35.1 Å². The predicted molar refractivity (Wildman–Crippen MR) is 119 cm³/mol. The van der Waals surface area contributed by atoms with Crippen molar-refractivity contribution in [3.8, 4) is 5.75 Å². The molecule has 29 heavy (non-hydrogen) atoms. The molecule has 0 radical (unpaired) electrons. The summed E-state index contributed by atoms with van der Waals surface area (Å²) < 4.78 is 11.7. The van der Waals surface area contributed by atoms with E-state index in [0.29, 0.717) is 28.8 Å². The molecule has 1 amide bonds. The van der Waals surface area contributed by atoms with E-state index >= 15 is 0 Å². The first-order valence-corrected chi connectivity index (χ1v) is 11.6. The minimum atomic E-state index is -0.369. The van der Waals surface area contributed by atoms with Crippen molar-refractivity contribution in [1.82, 2.24) is 0 Å². The molecule has 1 aliphatic rings. The monoisotopic (exact) mass is 479 g/mol. The van der Waals surface area contributed by atoms with E-state index in [1.807, 2.05) is 18.2 Å². The molecule has 1 aromatic carbocycles. The number of ether oxygens (including phenoxy) is 2. The van der Waals surface area contributed by atoms with Crippen LogP contribution in [0, 0.1) is 0 Å². The summed E-state index contributed by atoms with van der Waals surface area (Å²) in [6.45, 7) is 6.28. The number of aryl methyl sites for hydroxylation is 1. The molecular weight excluding hydrogens is 454 g/mol. The van der Waals surface area contributed by atoms with Crippen LogP contribution in [0.1, 0.15) is 65.9 Å². The maximum atomic E-state index is 12.5. The van der Waals surface area contributed by atoms with Crippen molar-refractivity contribution in [2.45, 2.75) is 52.4 Å². The van der Waals surface area contributed by atoms with Gasteiger partial charge >= 0.3 is 5.97 Å². The number of thiophene rings is 1. The van der Waals surface area contributed by atoms with Gasteiger partial charge in [0.2, 0.25) is 0 Å². The summed E-state index contributed by atoms with van der Waals surface area (Å²) in [5, 5.41) is 3.41. The summed E-state index contributed by atoms with van der Waals surface area (Å²) in [7, 11) is 0. The molecule has 0 saturated heterocycles. The number of hydrogen-bond donors (Lipinski definition) is 1. The lowest BCUT2D eigenvalue weighted by Gasteiger charge is -2.13. The standard InChI is InChI=1S/C22H26BrNO4S/c1-4-13(3)14-9-10-17(16(23)11-14)28-12-19(25)24-21-20(22(26)27-5-2)15-7-6-8-18(15)29-21/h9-11,13H,4-8,12H2,1-3H3,(H,24,25). The molecule has 0 fully saturated rings. The average molecular weight is 480 g/mol. The Hall–Kier alpha value is -1.86. The molecule has 1 atom stereocenters. The van der Waals surface area contributed by atoms with Gasteiger partial charge in [-0.2, -0.15) is 0 Å². The largest absolute Gasteiger partial charge is 0.483 e. The Bertz CT molecular complexity index is 908. The van der Waals surface area contributed by atoms with Crippen molar-refractivity contribution in [2.24, 2.45) is 0 Å². The third-order valence-electron chi connectivity index (χ3n) is 5.15. The molecule has 0 spiro atoms. The quantitative estimate of drug-likeness (QED) is 0.492. The van der Waals surface area contributed by atoms with Gasteiger partial charge in [-0.15, -0.1) is 11.3 Å². The van der Waals surface area contributed by atoms with Crippen LogP contribution in [0.3, 0.4) is 0 Å². The smallest absolute Gasteiger partial charge is 0.341 e. The van der Waals surface area contributed by atoms with Gasteiger partial charge in [0, 0.05) is 4.88 Å². The number of carbonyl (C=O) groups excluding carboxylic acids is 2. The zero-order valence-electron chi connectivity index (χ0n) is 17.0. The molecular formula is C22H26BrNO4S. The van der Waals surface area contributed by atoms with Crippen LogP contribution in [-0.2, 0) is 22.4 Å². The van der Waals surface area contributed by atoms with E-state index in [0.717, 1.165) is 40.6 Å². The lowest BCUT2D eigenvalue weighted by Crippen LogP contribution is -2.21. The lowest BCUT2D eigenvalue weighted by molar-refractivity contribution is -0.118. The van der Waals surface area contributed by atoms with Crippen LogP contribution < -0.4 is 10.1 Å². The Labute approximate surface area is 183 Å². The van der Waals surface area contributed by atoms with Crippen LogP contribution in [0.25, 0.3) is 0 Å². The second-order valence-corrected chi connectivity index (χ2v) is 9.08. The van der Waals surface area contributed by atoms with E-state index in [4.69, 9.17) is 9.47 Å². The summed E-state index contributed by atoms with van der Waals surface area (Å²) in [6.07, 6.45) is 3.88. The van der Waals surface area contributed by atoms with E-state index in [-0.39, 0.29) is 18.5 Å². The Kier molecular flexibility index (Phi) is 7.35. The van der Waals surface area contributed by atoms with Crippen LogP contribution >= 0.6 is 27.3 Å². The number of carbonyl (C=O) groups is 2. The van der Waals surface area contributed by atoms with Gasteiger partial charge in [0.05, 0.1) is 16.6 Å². The molecule has 0 saturated carbocycles. The van der Waals surface area contributed by atoms with Gasteiger partial charge in [-0.3, -0.25) is 4.79 Å². The Morgan fingerprint density at radius 2 is 2.07 bits per heavy atom. The van der Waals surface area contributed by atoms with Crippen molar-refractivity contribution in [2.75, 3.05) is 18.5 Å². The fourth-order valence-corrected chi connectivity index (χ4v) is 5.20. The summed E-state index contributed by atoms with van der Waals surface area (Å²) in [5.41, 5.74) is 2.76. The van der Waals surface area contributed by atoms with E-state index in [1.54, 1.807) is 6.92 Å². The highest BCUT2D eigenvalue weighted by Crippen LogP contribution is 2.39. The maximum Gasteiger partial charge on any atom is 0.341 e. The number of benzene rings is 1. The SMILES string of the molecule is CCOC(=O)c1c(NC(=O)COc2ccc(C(C)CC)cc2Br)sc2c1CCC2. The highest BCUT2D eigenvalue weighted by Gasteiger charge is 2.28. The number of nitrogens with one attached hydrogen (secondary N) is 1. The molecule has 1 unspecified atom stereocenters. The third-order valence-corrected chi connectivity index (χ3v) is 6.98.